The number of aromatic nitrogens is 1. The van der Waals surface area contributed by atoms with Crippen molar-refractivity contribution in [3.05, 3.63) is 84.6 Å². The van der Waals surface area contributed by atoms with E-state index in [0.717, 1.165) is 63.1 Å². The van der Waals surface area contributed by atoms with E-state index in [9.17, 15) is 24.6 Å². The van der Waals surface area contributed by atoms with Crippen molar-refractivity contribution < 1.29 is 29.3 Å². The number of aliphatic hydroxyl groups is 1. The number of thiazole rings is 1. The molecule has 0 saturated carbocycles. The number of aromatic hydroxyl groups is 1. The number of methoxy groups -OCH3 is 1. The maximum atomic E-state index is 13.2. The smallest absolute Gasteiger partial charge is 0.348 e. The number of unbranched alkanes of at least 4 members (excludes halogenated alkanes) is 1. The number of phenols is 1. The molecule has 244 valence electrons. The number of hydrogen-bond donors (Lipinski definition) is 3. The first-order chi connectivity index (χ1) is 22.2. The number of hydrogen-bond acceptors (Lipinski definition) is 10. The van der Waals surface area contributed by atoms with Crippen LogP contribution in [0.25, 0.3) is 10.2 Å². The lowest BCUT2D eigenvalue weighted by Gasteiger charge is -2.47. The molecule has 0 unspecified atom stereocenters. The zero-order valence-electron chi connectivity index (χ0n) is 25.8. The quantitative estimate of drug-likeness (QED) is 0.158. The van der Waals surface area contributed by atoms with Gasteiger partial charge in [0.15, 0.2) is 0 Å². The molecule has 2 aromatic heterocycles. The third-order valence-corrected chi connectivity index (χ3v) is 11.0. The Morgan fingerprint density at radius 2 is 1.83 bits per heavy atom. The topological polar surface area (TPSA) is 132 Å². The highest BCUT2D eigenvalue weighted by Gasteiger charge is 2.41. The van der Waals surface area contributed by atoms with E-state index in [0.29, 0.717) is 51.7 Å². The Kier molecular flexibility index (Phi) is 9.90. The number of aryl methyl sites for hydroxylation is 1. The number of aliphatic hydroxyl groups excluding tert-OH is 1. The number of nitrogens with one attached hydrogen (secondary N) is 1. The van der Waals surface area contributed by atoms with Crippen molar-refractivity contribution >= 4 is 44.8 Å². The number of likely N-dealkylation sites (tertiary alicyclic amines) is 1. The first kappa shape index (κ1) is 32.4. The molecule has 3 N–H and O–H groups in total. The van der Waals surface area contributed by atoms with Crippen molar-refractivity contribution in [2.24, 2.45) is 0 Å². The number of aromatic amines is 1. The number of esters is 1. The van der Waals surface area contributed by atoms with E-state index < -0.39 is 12.1 Å². The monoisotopic (exact) mass is 665 g/mol. The van der Waals surface area contributed by atoms with Crippen molar-refractivity contribution in [2.75, 3.05) is 39.9 Å². The van der Waals surface area contributed by atoms with Crippen LogP contribution in [0.5, 0.6) is 5.75 Å². The Labute approximate surface area is 275 Å². The third kappa shape index (κ3) is 7.21. The summed E-state index contributed by atoms with van der Waals surface area (Å²) in [6.07, 6.45) is 4.26. The van der Waals surface area contributed by atoms with E-state index in [2.05, 4.69) is 34.1 Å². The standard InChI is InChI=1S/C34H39N3O7S2/c1-43-32(41)28-12-11-27(45-28)31(40)37-17-18-44-34(21-37)13-15-36(16-14-34)20-23-7-4-6-22(19-23)5-2-3-8-25(38)24-9-10-26(39)29-30(24)46-33(42)35-29/h4,6-7,9-12,19,25,38-39H,2-3,5,8,13-18,20-21H2,1H3,(H,35,42)/t25-/m0/s1. The van der Waals surface area contributed by atoms with Crippen LogP contribution in [0.2, 0.25) is 0 Å². The molecule has 2 saturated heterocycles. The lowest BCUT2D eigenvalue weighted by Crippen LogP contribution is -2.57. The minimum absolute atomic E-state index is 0.0151. The van der Waals surface area contributed by atoms with Crippen LogP contribution in [-0.4, -0.2) is 82.4 Å². The number of piperidine rings is 1. The van der Waals surface area contributed by atoms with Gasteiger partial charge in [0.1, 0.15) is 16.1 Å². The van der Waals surface area contributed by atoms with Crippen LogP contribution < -0.4 is 4.87 Å². The highest BCUT2D eigenvalue weighted by Crippen LogP contribution is 2.34. The number of amides is 1. The number of nitrogens with zero attached hydrogens (tertiary/aromatic N) is 2. The number of phenolic OH excluding ortho intramolecular Hbond substituents is 1. The number of carbonyl (C=O) groups excluding carboxylic acids is 2. The highest BCUT2D eigenvalue weighted by atomic mass is 32.1. The van der Waals surface area contributed by atoms with E-state index in [1.807, 2.05) is 4.90 Å². The minimum Gasteiger partial charge on any atom is -0.506 e. The second-order valence-corrected chi connectivity index (χ2v) is 14.2. The molecule has 4 heterocycles. The zero-order valence-corrected chi connectivity index (χ0v) is 27.5. The van der Waals surface area contributed by atoms with Crippen molar-refractivity contribution in [3.63, 3.8) is 0 Å². The predicted molar refractivity (Wildman–Crippen MR) is 178 cm³/mol. The van der Waals surface area contributed by atoms with Crippen LogP contribution in [0.1, 0.15) is 74.2 Å². The average molecular weight is 666 g/mol. The summed E-state index contributed by atoms with van der Waals surface area (Å²) in [5.41, 5.74) is 3.26. The van der Waals surface area contributed by atoms with Gasteiger partial charge >= 0.3 is 10.8 Å². The molecule has 0 aliphatic carbocycles. The summed E-state index contributed by atoms with van der Waals surface area (Å²) in [6.45, 7) is 4.22. The summed E-state index contributed by atoms with van der Waals surface area (Å²) in [5, 5.41) is 20.8. The fourth-order valence-electron chi connectivity index (χ4n) is 6.52. The van der Waals surface area contributed by atoms with Crippen LogP contribution in [0.3, 0.4) is 0 Å². The zero-order chi connectivity index (χ0) is 32.3. The summed E-state index contributed by atoms with van der Waals surface area (Å²) in [4.78, 5) is 44.5. The maximum absolute atomic E-state index is 13.2. The number of morpholine rings is 1. The number of rotatable bonds is 10. The van der Waals surface area contributed by atoms with Crippen LogP contribution in [0.4, 0.5) is 0 Å². The highest BCUT2D eigenvalue weighted by molar-refractivity contribution is 7.16. The van der Waals surface area contributed by atoms with Gasteiger partial charge in [-0.3, -0.25) is 14.5 Å². The van der Waals surface area contributed by atoms with Crippen LogP contribution in [0, 0.1) is 0 Å². The van der Waals surface area contributed by atoms with Gasteiger partial charge in [-0.1, -0.05) is 48.1 Å². The van der Waals surface area contributed by atoms with Crippen LogP contribution >= 0.6 is 22.7 Å². The van der Waals surface area contributed by atoms with E-state index in [1.165, 1.54) is 35.6 Å². The summed E-state index contributed by atoms with van der Waals surface area (Å²) in [6, 6.07) is 15.2. The van der Waals surface area contributed by atoms with Crippen molar-refractivity contribution in [1.82, 2.24) is 14.8 Å². The van der Waals surface area contributed by atoms with E-state index in [4.69, 9.17) is 9.47 Å². The SMILES string of the molecule is COC(=O)c1ccc(C(=O)N2CCOC3(CCN(Cc4cccc(CCCC[C@H](O)c5ccc(O)c6[nH]c(=O)sc56)c4)CC3)C2)s1. The molecule has 1 atom stereocenters. The van der Waals surface area contributed by atoms with Crippen molar-refractivity contribution in [1.29, 1.82) is 0 Å². The van der Waals surface area contributed by atoms with Gasteiger partial charge in [0.05, 0.1) is 41.5 Å². The van der Waals surface area contributed by atoms with Crippen LogP contribution in [0.15, 0.2) is 53.3 Å². The largest absolute Gasteiger partial charge is 0.506 e. The molecule has 46 heavy (non-hydrogen) atoms. The fraction of sp³-hybridized carbons (Fsp3) is 0.441. The molecule has 4 aromatic rings. The number of thiophene rings is 1. The van der Waals surface area contributed by atoms with Crippen molar-refractivity contribution in [2.45, 2.75) is 56.8 Å². The molecule has 0 radical (unpaired) electrons. The Balaban J connectivity index is 0.967. The maximum Gasteiger partial charge on any atom is 0.348 e. The Bertz CT molecular complexity index is 1750. The molecule has 12 heteroatoms. The number of H-pyrrole nitrogens is 1. The molecule has 6 rings (SSSR count). The number of benzene rings is 2. The Hall–Kier alpha value is -3.55. The van der Waals surface area contributed by atoms with Gasteiger partial charge in [-0.15, -0.1) is 11.3 Å². The Morgan fingerprint density at radius 1 is 1.04 bits per heavy atom. The first-order valence-corrected chi connectivity index (χ1v) is 17.3. The van der Waals surface area contributed by atoms with Gasteiger partial charge in [0.2, 0.25) is 0 Å². The summed E-state index contributed by atoms with van der Waals surface area (Å²) >= 11 is 2.18. The van der Waals surface area contributed by atoms with Crippen molar-refractivity contribution in [3.8, 4) is 5.75 Å². The Morgan fingerprint density at radius 3 is 2.63 bits per heavy atom. The second-order valence-electron chi connectivity index (χ2n) is 12.2. The molecule has 2 aromatic carbocycles. The molecule has 2 aliphatic heterocycles. The average Bonchev–Trinajstić information content (AvgIpc) is 3.72. The third-order valence-electron chi connectivity index (χ3n) is 9.04. The van der Waals surface area contributed by atoms with Gasteiger partial charge in [0.25, 0.3) is 5.91 Å². The lowest BCUT2D eigenvalue weighted by atomic mass is 9.89. The molecular formula is C34H39N3O7S2. The van der Waals surface area contributed by atoms with Gasteiger partial charge < -0.3 is 29.6 Å². The van der Waals surface area contributed by atoms with E-state index in [1.54, 1.807) is 18.2 Å². The number of ether oxygens (including phenoxy) is 2. The first-order valence-electron chi connectivity index (χ1n) is 15.7. The molecule has 1 amide bonds. The molecule has 10 nitrogen and oxygen atoms in total. The fourth-order valence-corrected chi connectivity index (χ4v) is 8.33. The van der Waals surface area contributed by atoms with Crippen LogP contribution in [-0.2, 0) is 22.4 Å². The summed E-state index contributed by atoms with van der Waals surface area (Å²) in [5.74, 6) is -0.475. The molecule has 1 spiro atoms. The molecule has 0 bridgehead atoms. The van der Waals surface area contributed by atoms with E-state index >= 15 is 0 Å². The lowest BCUT2D eigenvalue weighted by molar-refractivity contribution is -0.127. The minimum atomic E-state index is -0.697. The predicted octanol–water partition coefficient (Wildman–Crippen LogP) is 5.10. The van der Waals surface area contributed by atoms with Gasteiger partial charge in [-0.2, -0.15) is 0 Å². The second kappa shape index (κ2) is 14.1. The summed E-state index contributed by atoms with van der Waals surface area (Å²) in [7, 11) is 1.34. The molecular weight excluding hydrogens is 627 g/mol. The van der Waals surface area contributed by atoms with Gasteiger partial charge in [-0.05, 0) is 61.4 Å². The molecule has 2 fully saturated rings. The van der Waals surface area contributed by atoms with E-state index in [-0.39, 0.29) is 22.1 Å². The van der Waals surface area contributed by atoms with Gasteiger partial charge in [0, 0.05) is 31.7 Å². The number of carbonyl (C=O) groups is 2. The van der Waals surface area contributed by atoms with Gasteiger partial charge in [-0.25, -0.2) is 4.79 Å². The molecule has 2 aliphatic rings. The normalized spacial score (nSPS) is 17.4. The number of fused-ring (bicyclic) bond motifs is 1. The summed E-state index contributed by atoms with van der Waals surface area (Å²) < 4.78 is 11.7.